The maximum Gasteiger partial charge on any atom is 0.170 e. The third-order valence-electron chi connectivity index (χ3n) is 3.15. The van der Waals surface area contributed by atoms with Gasteiger partial charge in [-0.05, 0) is 24.3 Å². The number of halogens is 2. The Morgan fingerprint density at radius 1 is 1.19 bits per heavy atom. The molecule has 0 unspecified atom stereocenters. The first kappa shape index (κ1) is 15.5. The van der Waals surface area contributed by atoms with Gasteiger partial charge in [-0.1, -0.05) is 46.6 Å². The Morgan fingerprint density at radius 3 is 2.43 bits per heavy atom. The largest absolute Gasteiger partial charge is 0.409 e. The minimum atomic E-state index is 0.0704. The predicted octanol–water partition coefficient (Wildman–Crippen LogP) is 3.72. The highest BCUT2D eigenvalue weighted by atomic mass is 35.5. The quantitative estimate of drug-likeness (QED) is 0.390. The van der Waals surface area contributed by atoms with Gasteiger partial charge in [-0.2, -0.15) is 0 Å². The van der Waals surface area contributed by atoms with Crippen LogP contribution >= 0.6 is 23.2 Å². The van der Waals surface area contributed by atoms with Gasteiger partial charge >= 0.3 is 0 Å². The molecule has 0 aliphatic rings. The predicted molar refractivity (Wildman–Crippen MR) is 87.5 cm³/mol. The van der Waals surface area contributed by atoms with Crippen molar-refractivity contribution in [1.29, 1.82) is 0 Å². The molecule has 0 bridgehead atoms. The highest BCUT2D eigenvalue weighted by molar-refractivity contribution is 6.36. The van der Waals surface area contributed by atoms with E-state index in [0.29, 0.717) is 22.2 Å². The molecular formula is C15H15Cl2N3O. The minimum Gasteiger partial charge on any atom is -0.409 e. The van der Waals surface area contributed by atoms with E-state index in [2.05, 4.69) is 5.16 Å². The lowest BCUT2D eigenvalue weighted by atomic mass is 10.1. The molecule has 0 aliphatic heterocycles. The molecule has 0 saturated carbocycles. The summed E-state index contributed by atoms with van der Waals surface area (Å²) in [6, 6.07) is 12.8. The summed E-state index contributed by atoms with van der Waals surface area (Å²) in [6.07, 6.45) is 0. The fourth-order valence-electron chi connectivity index (χ4n) is 1.97. The van der Waals surface area contributed by atoms with Crippen LogP contribution in [0, 0.1) is 0 Å². The minimum absolute atomic E-state index is 0.0704. The van der Waals surface area contributed by atoms with E-state index in [4.69, 9.17) is 34.1 Å². The summed E-state index contributed by atoms with van der Waals surface area (Å²) in [4.78, 5) is 1.99. The zero-order valence-electron chi connectivity index (χ0n) is 11.4. The first-order valence-corrected chi connectivity index (χ1v) is 7.00. The average Bonchev–Trinajstić information content (AvgIpc) is 2.50. The van der Waals surface area contributed by atoms with Crippen LogP contribution in [-0.2, 0) is 6.54 Å². The van der Waals surface area contributed by atoms with Crippen molar-refractivity contribution in [2.45, 2.75) is 6.54 Å². The molecule has 4 nitrogen and oxygen atoms in total. The van der Waals surface area contributed by atoms with E-state index in [1.807, 2.05) is 48.3 Å². The molecule has 0 fully saturated rings. The van der Waals surface area contributed by atoms with Gasteiger partial charge in [-0.3, -0.25) is 0 Å². The Morgan fingerprint density at radius 2 is 1.81 bits per heavy atom. The highest BCUT2D eigenvalue weighted by Gasteiger charge is 2.10. The number of nitrogens with zero attached hydrogens (tertiary/aromatic N) is 2. The second-order valence-corrected chi connectivity index (χ2v) is 5.41. The zero-order valence-corrected chi connectivity index (χ0v) is 12.9. The summed E-state index contributed by atoms with van der Waals surface area (Å²) in [5.41, 5.74) is 8.02. The first-order chi connectivity index (χ1) is 10.0. The zero-order chi connectivity index (χ0) is 15.4. The summed E-state index contributed by atoms with van der Waals surface area (Å²) in [6.45, 7) is 0.554. The molecule has 2 aromatic carbocycles. The highest BCUT2D eigenvalue weighted by Crippen LogP contribution is 2.27. The number of hydrogen-bond acceptors (Lipinski definition) is 3. The Kier molecular flexibility index (Phi) is 4.94. The van der Waals surface area contributed by atoms with Crippen molar-refractivity contribution in [3.8, 4) is 0 Å². The van der Waals surface area contributed by atoms with Crippen molar-refractivity contribution >= 4 is 34.7 Å². The van der Waals surface area contributed by atoms with Gasteiger partial charge in [0.25, 0.3) is 0 Å². The van der Waals surface area contributed by atoms with Crippen LogP contribution in [0.15, 0.2) is 47.6 Å². The number of oxime groups is 1. The Labute approximate surface area is 133 Å². The second-order valence-electron chi connectivity index (χ2n) is 4.59. The number of benzene rings is 2. The van der Waals surface area contributed by atoms with Gasteiger partial charge in [-0.15, -0.1) is 0 Å². The lowest BCUT2D eigenvalue weighted by Gasteiger charge is -2.21. The summed E-state index contributed by atoms with van der Waals surface area (Å²) in [5, 5.41) is 13.0. The van der Waals surface area contributed by atoms with Gasteiger partial charge in [0.1, 0.15) is 0 Å². The molecular weight excluding hydrogens is 309 g/mol. The van der Waals surface area contributed by atoms with E-state index >= 15 is 0 Å². The fraction of sp³-hybridized carbons (Fsp3) is 0.133. The van der Waals surface area contributed by atoms with Gasteiger partial charge in [0.15, 0.2) is 5.84 Å². The summed E-state index contributed by atoms with van der Waals surface area (Å²) in [5.74, 6) is 0.0704. The van der Waals surface area contributed by atoms with E-state index in [0.717, 1.165) is 11.3 Å². The Balaban J connectivity index is 2.27. The molecule has 3 N–H and O–H groups in total. The van der Waals surface area contributed by atoms with E-state index in [9.17, 15) is 0 Å². The second kappa shape index (κ2) is 6.70. The van der Waals surface area contributed by atoms with Crippen molar-refractivity contribution in [3.05, 3.63) is 63.6 Å². The monoisotopic (exact) mass is 323 g/mol. The molecule has 0 radical (unpaired) electrons. The molecule has 0 spiro atoms. The molecule has 6 heteroatoms. The van der Waals surface area contributed by atoms with Crippen LogP contribution in [0.3, 0.4) is 0 Å². The van der Waals surface area contributed by atoms with Crippen molar-refractivity contribution in [2.75, 3.05) is 11.9 Å². The molecule has 0 atom stereocenters. The molecule has 0 saturated heterocycles. The van der Waals surface area contributed by atoms with Gasteiger partial charge in [0.05, 0.1) is 0 Å². The van der Waals surface area contributed by atoms with E-state index < -0.39 is 0 Å². The number of amidine groups is 1. The molecule has 110 valence electrons. The van der Waals surface area contributed by atoms with Crippen LogP contribution in [-0.4, -0.2) is 18.1 Å². The lowest BCUT2D eigenvalue weighted by Crippen LogP contribution is -2.18. The molecule has 2 rings (SSSR count). The van der Waals surface area contributed by atoms with Gasteiger partial charge in [0, 0.05) is 40.5 Å². The van der Waals surface area contributed by atoms with Crippen molar-refractivity contribution in [2.24, 2.45) is 10.9 Å². The van der Waals surface area contributed by atoms with Crippen molar-refractivity contribution in [1.82, 2.24) is 0 Å². The van der Waals surface area contributed by atoms with Crippen molar-refractivity contribution < 1.29 is 5.21 Å². The third-order valence-corrected chi connectivity index (χ3v) is 3.86. The normalized spacial score (nSPS) is 11.5. The Hall–Kier alpha value is -1.91. The van der Waals surface area contributed by atoms with Crippen LogP contribution in [0.2, 0.25) is 10.0 Å². The standard InChI is InChI=1S/C15H15Cl2N3O/c1-20(9-12-13(16)6-3-7-14(12)17)11-5-2-4-10(8-11)15(18)19-21/h2-8,21H,9H2,1H3,(H2,18,19). The van der Waals surface area contributed by atoms with E-state index in [-0.39, 0.29) is 5.84 Å². The molecule has 0 heterocycles. The lowest BCUT2D eigenvalue weighted by molar-refractivity contribution is 0.318. The maximum atomic E-state index is 8.74. The summed E-state index contributed by atoms with van der Waals surface area (Å²) < 4.78 is 0. The van der Waals surface area contributed by atoms with Crippen molar-refractivity contribution in [3.63, 3.8) is 0 Å². The topological polar surface area (TPSA) is 61.8 Å². The van der Waals surface area contributed by atoms with Gasteiger partial charge in [-0.25, -0.2) is 0 Å². The van der Waals surface area contributed by atoms with Gasteiger partial charge in [0.2, 0.25) is 0 Å². The summed E-state index contributed by atoms with van der Waals surface area (Å²) >= 11 is 12.4. The number of hydrogen-bond donors (Lipinski definition) is 2. The SMILES string of the molecule is CN(Cc1c(Cl)cccc1Cl)c1cccc(C(N)=NO)c1. The van der Waals surface area contributed by atoms with E-state index in [1.54, 1.807) is 6.07 Å². The molecule has 0 amide bonds. The van der Waals surface area contributed by atoms with Crippen LogP contribution in [0.25, 0.3) is 0 Å². The van der Waals surface area contributed by atoms with Crippen LogP contribution in [0.1, 0.15) is 11.1 Å². The van der Waals surface area contributed by atoms with E-state index in [1.165, 1.54) is 0 Å². The first-order valence-electron chi connectivity index (χ1n) is 6.25. The summed E-state index contributed by atoms with van der Waals surface area (Å²) in [7, 11) is 1.92. The molecule has 0 aliphatic carbocycles. The molecule has 21 heavy (non-hydrogen) atoms. The third kappa shape index (κ3) is 3.60. The van der Waals surface area contributed by atoms with Crippen LogP contribution < -0.4 is 10.6 Å². The smallest absolute Gasteiger partial charge is 0.170 e. The number of nitrogens with two attached hydrogens (primary N) is 1. The fourth-order valence-corrected chi connectivity index (χ4v) is 2.49. The van der Waals surface area contributed by atoms with Crippen LogP contribution in [0.4, 0.5) is 5.69 Å². The van der Waals surface area contributed by atoms with Crippen LogP contribution in [0.5, 0.6) is 0 Å². The van der Waals surface area contributed by atoms with Gasteiger partial charge < -0.3 is 15.8 Å². The number of rotatable bonds is 4. The number of anilines is 1. The molecule has 2 aromatic rings. The maximum absolute atomic E-state index is 8.74. The average molecular weight is 324 g/mol. The molecule has 0 aromatic heterocycles. The Bertz CT molecular complexity index is 653.